The van der Waals surface area contributed by atoms with Crippen molar-refractivity contribution < 1.29 is 0 Å². The Morgan fingerprint density at radius 1 is 1.53 bits per heavy atom. The molecular weight excluding hydrogens is 230 g/mol. The number of hydrogen-bond acceptors (Lipinski definition) is 4. The first-order chi connectivity index (χ1) is 8.29. The van der Waals surface area contributed by atoms with Crippen LogP contribution in [0.25, 0.3) is 10.1 Å². The van der Waals surface area contributed by atoms with Crippen LogP contribution >= 0.6 is 11.5 Å². The Labute approximate surface area is 105 Å². The molecule has 3 rings (SSSR count). The molecule has 1 saturated heterocycles. The van der Waals surface area contributed by atoms with Crippen LogP contribution in [0.1, 0.15) is 18.0 Å². The van der Waals surface area contributed by atoms with E-state index in [1.165, 1.54) is 22.1 Å². The first-order valence-corrected chi connectivity index (χ1v) is 6.80. The van der Waals surface area contributed by atoms with E-state index in [0.29, 0.717) is 12.0 Å². The second-order valence-corrected chi connectivity index (χ2v) is 5.69. The molecule has 17 heavy (non-hydrogen) atoms. The van der Waals surface area contributed by atoms with Gasteiger partial charge in [-0.15, -0.1) is 0 Å². The van der Waals surface area contributed by atoms with E-state index in [1.54, 1.807) is 11.5 Å². The van der Waals surface area contributed by atoms with Crippen LogP contribution in [0.3, 0.4) is 0 Å². The minimum atomic E-state index is 0.507. The van der Waals surface area contributed by atoms with Crippen molar-refractivity contribution in [3.63, 3.8) is 0 Å². The summed E-state index contributed by atoms with van der Waals surface area (Å²) in [5.41, 5.74) is 7.21. The van der Waals surface area contributed by atoms with Gasteiger partial charge in [0.05, 0.1) is 4.70 Å². The van der Waals surface area contributed by atoms with E-state index in [9.17, 15) is 0 Å². The summed E-state index contributed by atoms with van der Waals surface area (Å²) in [7, 11) is 2.19. The van der Waals surface area contributed by atoms with Crippen LogP contribution in [-0.4, -0.2) is 29.4 Å². The van der Waals surface area contributed by atoms with Crippen molar-refractivity contribution in [1.29, 1.82) is 0 Å². The van der Waals surface area contributed by atoms with E-state index in [2.05, 4.69) is 34.5 Å². The lowest BCUT2D eigenvalue weighted by Crippen LogP contribution is -2.20. The van der Waals surface area contributed by atoms with Gasteiger partial charge in [0.2, 0.25) is 0 Å². The Hall–Kier alpha value is -0.970. The van der Waals surface area contributed by atoms with Gasteiger partial charge in [-0.1, -0.05) is 18.2 Å². The van der Waals surface area contributed by atoms with Gasteiger partial charge in [-0.2, -0.15) is 4.37 Å². The van der Waals surface area contributed by atoms with Crippen molar-refractivity contribution >= 4 is 21.6 Å². The van der Waals surface area contributed by atoms with Gasteiger partial charge in [-0.25, -0.2) is 0 Å². The van der Waals surface area contributed by atoms with Crippen LogP contribution < -0.4 is 5.73 Å². The fourth-order valence-electron chi connectivity index (χ4n) is 2.82. The molecule has 0 aliphatic carbocycles. The van der Waals surface area contributed by atoms with E-state index in [0.717, 1.165) is 13.1 Å². The molecule has 0 amide bonds. The zero-order chi connectivity index (χ0) is 11.8. The van der Waals surface area contributed by atoms with Gasteiger partial charge in [-0.3, -0.25) is 4.90 Å². The van der Waals surface area contributed by atoms with E-state index in [4.69, 9.17) is 5.73 Å². The SMILES string of the molecule is CN1CC(CN)CC1c1cccc2cnsc12. The molecule has 90 valence electrons. The maximum atomic E-state index is 5.79. The molecule has 0 radical (unpaired) electrons. The van der Waals surface area contributed by atoms with Gasteiger partial charge in [-0.05, 0) is 43.0 Å². The van der Waals surface area contributed by atoms with Crippen molar-refractivity contribution in [2.45, 2.75) is 12.5 Å². The van der Waals surface area contributed by atoms with Crippen LogP contribution in [0.4, 0.5) is 0 Å². The van der Waals surface area contributed by atoms with Crippen molar-refractivity contribution in [1.82, 2.24) is 9.27 Å². The number of hydrogen-bond donors (Lipinski definition) is 1. The number of aromatic nitrogens is 1. The Balaban J connectivity index is 2.01. The molecule has 1 fully saturated rings. The zero-order valence-corrected chi connectivity index (χ0v) is 10.8. The first kappa shape index (κ1) is 11.1. The normalized spacial score (nSPS) is 25.8. The van der Waals surface area contributed by atoms with E-state index < -0.39 is 0 Å². The monoisotopic (exact) mass is 247 g/mol. The third-order valence-corrected chi connectivity index (χ3v) is 4.60. The summed E-state index contributed by atoms with van der Waals surface area (Å²) in [6.07, 6.45) is 3.13. The third kappa shape index (κ3) is 1.86. The molecule has 0 saturated carbocycles. The summed E-state index contributed by atoms with van der Waals surface area (Å²) in [5, 5.41) is 1.26. The van der Waals surface area contributed by atoms with Gasteiger partial charge < -0.3 is 5.73 Å². The zero-order valence-electron chi connectivity index (χ0n) is 9.97. The molecular formula is C13H17N3S. The number of likely N-dealkylation sites (tertiary alicyclic amines) is 1. The van der Waals surface area contributed by atoms with Crippen LogP contribution in [0.2, 0.25) is 0 Å². The molecule has 0 bridgehead atoms. The smallest absolute Gasteiger partial charge is 0.0597 e. The highest BCUT2D eigenvalue weighted by atomic mass is 32.1. The number of nitrogens with zero attached hydrogens (tertiary/aromatic N) is 2. The number of rotatable bonds is 2. The van der Waals surface area contributed by atoms with Gasteiger partial charge >= 0.3 is 0 Å². The number of benzene rings is 1. The Morgan fingerprint density at radius 2 is 2.41 bits per heavy atom. The van der Waals surface area contributed by atoms with Crippen LogP contribution in [0.15, 0.2) is 24.4 Å². The lowest BCUT2D eigenvalue weighted by Gasteiger charge is -2.19. The second-order valence-electron chi connectivity index (χ2n) is 4.88. The molecule has 2 unspecified atom stereocenters. The molecule has 1 aromatic heterocycles. The van der Waals surface area contributed by atoms with Crippen molar-refractivity contribution in [2.24, 2.45) is 11.7 Å². The molecule has 4 heteroatoms. The predicted molar refractivity (Wildman–Crippen MR) is 72.2 cm³/mol. The topological polar surface area (TPSA) is 42.1 Å². The summed E-state index contributed by atoms with van der Waals surface area (Å²) < 4.78 is 5.63. The maximum Gasteiger partial charge on any atom is 0.0597 e. The Morgan fingerprint density at radius 3 is 3.18 bits per heavy atom. The maximum absolute atomic E-state index is 5.79. The minimum Gasteiger partial charge on any atom is -0.330 e. The minimum absolute atomic E-state index is 0.507. The summed E-state index contributed by atoms with van der Waals surface area (Å²) in [5.74, 6) is 0.633. The summed E-state index contributed by atoms with van der Waals surface area (Å²) in [6.45, 7) is 1.90. The van der Waals surface area contributed by atoms with E-state index in [1.807, 2.05) is 6.20 Å². The first-order valence-electron chi connectivity index (χ1n) is 6.03. The van der Waals surface area contributed by atoms with Gasteiger partial charge in [0.25, 0.3) is 0 Å². The summed E-state index contributed by atoms with van der Waals surface area (Å²) >= 11 is 1.60. The van der Waals surface area contributed by atoms with Gasteiger partial charge in [0.1, 0.15) is 0 Å². The Kier molecular flexibility index (Phi) is 2.86. The lowest BCUT2D eigenvalue weighted by molar-refractivity contribution is 0.315. The molecule has 2 atom stereocenters. The van der Waals surface area contributed by atoms with Crippen LogP contribution in [0, 0.1) is 5.92 Å². The fourth-order valence-corrected chi connectivity index (χ4v) is 3.63. The lowest BCUT2D eigenvalue weighted by atomic mass is 9.99. The van der Waals surface area contributed by atoms with Crippen molar-refractivity contribution in [2.75, 3.05) is 20.1 Å². The van der Waals surface area contributed by atoms with Gasteiger partial charge in [0.15, 0.2) is 0 Å². The quantitative estimate of drug-likeness (QED) is 0.885. The van der Waals surface area contributed by atoms with Crippen LogP contribution in [-0.2, 0) is 0 Å². The van der Waals surface area contributed by atoms with Crippen molar-refractivity contribution in [3.05, 3.63) is 30.0 Å². The summed E-state index contributed by atoms with van der Waals surface area (Å²) in [6, 6.07) is 7.02. The molecule has 1 aliphatic heterocycles. The predicted octanol–water partition coefficient (Wildman–Crippen LogP) is 2.25. The molecule has 2 aromatic rings. The second kappa shape index (κ2) is 4.37. The Bertz CT molecular complexity index is 522. The molecule has 3 nitrogen and oxygen atoms in total. The average molecular weight is 247 g/mol. The number of nitrogens with two attached hydrogens (primary N) is 1. The molecule has 1 aliphatic rings. The largest absolute Gasteiger partial charge is 0.330 e. The highest BCUT2D eigenvalue weighted by molar-refractivity contribution is 7.13. The van der Waals surface area contributed by atoms with Crippen LogP contribution in [0.5, 0.6) is 0 Å². The molecule has 2 N–H and O–H groups in total. The standard InChI is InChI=1S/C13H17N3S/c1-16-8-9(6-14)5-12(16)11-4-2-3-10-7-15-17-13(10)11/h2-4,7,9,12H,5-6,8,14H2,1H3. The third-order valence-electron chi connectivity index (χ3n) is 3.74. The molecule has 2 heterocycles. The highest BCUT2D eigenvalue weighted by Crippen LogP contribution is 2.38. The number of fused-ring (bicyclic) bond motifs is 1. The van der Waals surface area contributed by atoms with Crippen molar-refractivity contribution in [3.8, 4) is 0 Å². The average Bonchev–Trinajstić information content (AvgIpc) is 2.94. The highest BCUT2D eigenvalue weighted by Gasteiger charge is 2.30. The molecule has 0 spiro atoms. The van der Waals surface area contributed by atoms with E-state index in [-0.39, 0.29) is 0 Å². The molecule has 1 aromatic carbocycles. The fraction of sp³-hybridized carbons (Fsp3) is 0.462. The van der Waals surface area contributed by atoms with Gasteiger partial charge in [0, 0.05) is 24.2 Å². The van der Waals surface area contributed by atoms with E-state index >= 15 is 0 Å². The summed E-state index contributed by atoms with van der Waals surface area (Å²) in [4.78, 5) is 2.42.